The van der Waals surface area contributed by atoms with Crippen LogP contribution in [0.15, 0.2) is 66.9 Å². The first kappa shape index (κ1) is 20.1. The number of urea groups is 1. The summed E-state index contributed by atoms with van der Waals surface area (Å²) < 4.78 is 7.63. The molecule has 2 heterocycles. The van der Waals surface area contributed by atoms with Gasteiger partial charge in [-0.05, 0) is 40.8 Å². The number of para-hydroxylation sites is 2. The van der Waals surface area contributed by atoms with Crippen molar-refractivity contribution in [1.29, 1.82) is 0 Å². The van der Waals surface area contributed by atoms with Gasteiger partial charge in [0.2, 0.25) is 0 Å². The van der Waals surface area contributed by atoms with Crippen LogP contribution in [0.3, 0.4) is 0 Å². The number of anilines is 1. The Bertz CT molecular complexity index is 1030. The van der Waals surface area contributed by atoms with Gasteiger partial charge in [-0.15, -0.1) is 0 Å². The molecule has 1 aliphatic rings. The lowest BCUT2D eigenvalue weighted by molar-refractivity contribution is 0.181. The van der Waals surface area contributed by atoms with Crippen molar-refractivity contribution in [3.05, 3.63) is 83.7 Å². The zero-order chi connectivity index (χ0) is 21.3. The van der Waals surface area contributed by atoms with Crippen molar-refractivity contribution in [3.63, 3.8) is 0 Å². The fraction of sp³-hybridized carbons (Fsp3) is 0.320. The Morgan fingerprint density at radius 1 is 1.00 bits per heavy atom. The number of methoxy groups -OCH3 is 1. The van der Waals surface area contributed by atoms with Crippen LogP contribution < -0.4 is 10.1 Å². The standard InChI is InChI=1S/C25H29N3O2/c1-25(2,3)19-13-11-18(12-14-19)23-21-9-7-15-27(21)16-17-28(23)24(29)26-20-8-5-6-10-22(20)30-4/h5-15,23H,16-17H2,1-4H3,(H,26,29)/t23-/m1/s1. The summed E-state index contributed by atoms with van der Waals surface area (Å²) in [6, 6.07) is 20.0. The number of carbonyl (C=O) groups is 1. The molecule has 156 valence electrons. The Morgan fingerprint density at radius 2 is 1.73 bits per heavy atom. The van der Waals surface area contributed by atoms with E-state index in [0.29, 0.717) is 18.0 Å². The van der Waals surface area contributed by atoms with Crippen molar-refractivity contribution in [1.82, 2.24) is 9.47 Å². The molecule has 0 unspecified atom stereocenters. The molecule has 0 saturated heterocycles. The third-order valence-electron chi connectivity index (χ3n) is 5.74. The first-order valence-corrected chi connectivity index (χ1v) is 10.3. The minimum Gasteiger partial charge on any atom is -0.495 e. The minimum absolute atomic E-state index is 0.0895. The monoisotopic (exact) mass is 403 g/mol. The molecule has 0 aliphatic carbocycles. The molecule has 0 radical (unpaired) electrons. The molecule has 0 spiro atoms. The fourth-order valence-electron chi connectivity index (χ4n) is 4.05. The van der Waals surface area contributed by atoms with Gasteiger partial charge in [0.15, 0.2) is 0 Å². The maximum absolute atomic E-state index is 13.3. The lowest BCUT2D eigenvalue weighted by atomic mass is 9.86. The van der Waals surface area contributed by atoms with Crippen LogP contribution in [0.4, 0.5) is 10.5 Å². The van der Waals surface area contributed by atoms with Crippen molar-refractivity contribution in [2.75, 3.05) is 19.0 Å². The minimum atomic E-state index is -0.141. The van der Waals surface area contributed by atoms with Gasteiger partial charge in [0.25, 0.3) is 0 Å². The summed E-state index contributed by atoms with van der Waals surface area (Å²) in [5.41, 5.74) is 4.28. The third-order valence-corrected chi connectivity index (χ3v) is 5.74. The van der Waals surface area contributed by atoms with Crippen molar-refractivity contribution < 1.29 is 9.53 Å². The summed E-state index contributed by atoms with van der Waals surface area (Å²) >= 11 is 0. The van der Waals surface area contributed by atoms with E-state index in [0.717, 1.165) is 17.8 Å². The maximum atomic E-state index is 13.3. The lowest BCUT2D eigenvalue weighted by Crippen LogP contribution is -2.44. The molecule has 1 N–H and O–H groups in total. The van der Waals surface area contributed by atoms with Crippen LogP contribution in [-0.2, 0) is 12.0 Å². The summed E-state index contributed by atoms with van der Waals surface area (Å²) in [4.78, 5) is 15.2. The van der Waals surface area contributed by atoms with Gasteiger partial charge in [-0.2, -0.15) is 0 Å². The van der Waals surface area contributed by atoms with Crippen LogP contribution in [0, 0.1) is 0 Å². The van der Waals surface area contributed by atoms with E-state index < -0.39 is 0 Å². The number of hydrogen-bond donors (Lipinski definition) is 1. The molecule has 5 nitrogen and oxygen atoms in total. The molecular formula is C25H29N3O2. The summed E-state index contributed by atoms with van der Waals surface area (Å²) in [6.07, 6.45) is 2.08. The van der Waals surface area contributed by atoms with E-state index in [1.165, 1.54) is 5.56 Å². The molecule has 1 aliphatic heterocycles. The molecule has 1 atom stereocenters. The second-order valence-corrected chi connectivity index (χ2v) is 8.72. The number of rotatable bonds is 3. The highest BCUT2D eigenvalue weighted by atomic mass is 16.5. The number of hydrogen-bond acceptors (Lipinski definition) is 2. The quantitative estimate of drug-likeness (QED) is 0.634. The van der Waals surface area contributed by atoms with Gasteiger partial charge >= 0.3 is 6.03 Å². The second kappa shape index (κ2) is 7.90. The highest BCUT2D eigenvalue weighted by Crippen LogP contribution is 2.35. The Morgan fingerprint density at radius 3 is 2.43 bits per heavy atom. The Balaban J connectivity index is 1.67. The molecule has 0 fully saturated rings. The Hall–Kier alpha value is -3.21. The number of aromatic nitrogens is 1. The van der Waals surface area contributed by atoms with E-state index in [9.17, 15) is 4.79 Å². The SMILES string of the molecule is COc1ccccc1NC(=O)N1CCn2cccc2[C@H]1c1ccc(C(C)(C)C)cc1. The molecule has 0 bridgehead atoms. The van der Waals surface area contributed by atoms with Crippen LogP contribution in [-0.4, -0.2) is 29.2 Å². The highest BCUT2D eigenvalue weighted by Gasteiger charge is 2.32. The second-order valence-electron chi connectivity index (χ2n) is 8.72. The van der Waals surface area contributed by atoms with Crippen molar-refractivity contribution >= 4 is 11.7 Å². The summed E-state index contributed by atoms with van der Waals surface area (Å²) in [7, 11) is 1.61. The highest BCUT2D eigenvalue weighted by molar-refractivity contribution is 5.91. The van der Waals surface area contributed by atoms with E-state index >= 15 is 0 Å². The van der Waals surface area contributed by atoms with E-state index in [1.54, 1.807) is 7.11 Å². The summed E-state index contributed by atoms with van der Waals surface area (Å²) in [6.45, 7) is 8.04. The molecule has 2 aromatic carbocycles. The summed E-state index contributed by atoms with van der Waals surface area (Å²) in [5, 5.41) is 3.04. The molecule has 3 aromatic rings. The van der Waals surface area contributed by atoms with Gasteiger partial charge in [-0.3, -0.25) is 0 Å². The van der Waals surface area contributed by atoms with Crippen molar-refractivity contribution in [2.45, 2.75) is 38.8 Å². The topological polar surface area (TPSA) is 46.5 Å². The number of ether oxygens (including phenoxy) is 1. The smallest absolute Gasteiger partial charge is 0.322 e. The fourth-order valence-corrected chi connectivity index (χ4v) is 4.05. The van der Waals surface area contributed by atoms with Gasteiger partial charge in [-0.1, -0.05) is 57.2 Å². The molecular weight excluding hydrogens is 374 g/mol. The van der Waals surface area contributed by atoms with Gasteiger partial charge in [-0.25, -0.2) is 4.79 Å². The van der Waals surface area contributed by atoms with Gasteiger partial charge in [0.05, 0.1) is 18.8 Å². The van der Waals surface area contributed by atoms with Crippen LogP contribution in [0.2, 0.25) is 0 Å². The van der Waals surface area contributed by atoms with E-state index in [1.807, 2.05) is 35.2 Å². The molecule has 2 amide bonds. The number of nitrogens with zero attached hydrogens (tertiary/aromatic N) is 2. The third kappa shape index (κ3) is 3.80. The number of carbonyl (C=O) groups excluding carboxylic acids is 1. The van der Waals surface area contributed by atoms with E-state index in [2.05, 4.69) is 67.2 Å². The first-order chi connectivity index (χ1) is 14.4. The normalized spacial score (nSPS) is 16.1. The maximum Gasteiger partial charge on any atom is 0.322 e. The van der Waals surface area contributed by atoms with Crippen LogP contribution in [0.25, 0.3) is 0 Å². The largest absolute Gasteiger partial charge is 0.495 e. The van der Waals surface area contributed by atoms with Gasteiger partial charge < -0.3 is 19.5 Å². The van der Waals surface area contributed by atoms with E-state index in [4.69, 9.17) is 4.74 Å². The zero-order valence-corrected chi connectivity index (χ0v) is 18.1. The first-order valence-electron chi connectivity index (χ1n) is 10.3. The number of nitrogens with one attached hydrogen (secondary N) is 1. The predicted octanol–water partition coefficient (Wildman–Crippen LogP) is 5.43. The van der Waals surface area contributed by atoms with Crippen molar-refractivity contribution in [2.24, 2.45) is 0 Å². The zero-order valence-electron chi connectivity index (χ0n) is 18.1. The predicted molar refractivity (Wildman–Crippen MR) is 120 cm³/mol. The van der Waals surface area contributed by atoms with Gasteiger partial charge in [0, 0.05) is 25.0 Å². The van der Waals surface area contributed by atoms with Crippen molar-refractivity contribution in [3.8, 4) is 5.75 Å². The molecule has 4 rings (SSSR count). The average molecular weight is 404 g/mol. The number of benzene rings is 2. The lowest BCUT2D eigenvalue weighted by Gasteiger charge is -2.37. The molecule has 5 heteroatoms. The Kier molecular flexibility index (Phi) is 5.29. The molecule has 0 saturated carbocycles. The number of amides is 2. The molecule has 30 heavy (non-hydrogen) atoms. The molecule has 1 aromatic heterocycles. The summed E-state index contributed by atoms with van der Waals surface area (Å²) in [5.74, 6) is 0.650. The van der Waals surface area contributed by atoms with Gasteiger partial charge in [0.1, 0.15) is 5.75 Å². The van der Waals surface area contributed by atoms with Crippen LogP contribution in [0.5, 0.6) is 5.75 Å². The average Bonchev–Trinajstić information content (AvgIpc) is 3.21. The number of fused-ring (bicyclic) bond motifs is 1. The van der Waals surface area contributed by atoms with E-state index in [-0.39, 0.29) is 17.5 Å². The Labute approximate surface area is 178 Å². The van der Waals surface area contributed by atoms with Crippen LogP contribution in [0.1, 0.15) is 43.6 Å². The van der Waals surface area contributed by atoms with Crippen LogP contribution >= 0.6 is 0 Å².